The predicted octanol–water partition coefficient (Wildman–Crippen LogP) is 2.48. The predicted molar refractivity (Wildman–Crippen MR) is 83.8 cm³/mol. The minimum absolute atomic E-state index is 0.0138. The molecule has 0 unspecified atom stereocenters. The van der Waals surface area contributed by atoms with Crippen molar-refractivity contribution < 1.29 is 23.7 Å². The van der Waals surface area contributed by atoms with Crippen LogP contribution in [-0.2, 0) is 23.7 Å². The molecule has 0 spiro atoms. The van der Waals surface area contributed by atoms with E-state index in [4.69, 9.17) is 23.7 Å². The molecule has 2 fully saturated rings. The maximum absolute atomic E-state index is 5.87. The Labute approximate surface area is 134 Å². The van der Waals surface area contributed by atoms with Gasteiger partial charge in [-0.15, -0.1) is 0 Å². The summed E-state index contributed by atoms with van der Waals surface area (Å²) in [6.07, 6.45) is 0.159. The Morgan fingerprint density at radius 1 is 0.909 bits per heavy atom. The van der Waals surface area contributed by atoms with Gasteiger partial charge in [-0.05, 0) is 0 Å². The Kier molecular flexibility index (Phi) is 6.25. The molecule has 2 aliphatic rings. The van der Waals surface area contributed by atoms with Gasteiger partial charge in [0.2, 0.25) is 0 Å². The molecule has 0 atom stereocenters. The Bertz CT molecular complexity index is 324. The summed E-state index contributed by atoms with van der Waals surface area (Å²) >= 11 is 0. The van der Waals surface area contributed by atoms with Gasteiger partial charge < -0.3 is 23.7 Å². The zero-order valence-electron chi connectivity index (χ0n) is 14.7. The van der Waals surface area contributed by atoms with E-state index in [9.17, 15) is 0 Å². The third-order valence-electron chi connectivity index (χ3n) is 3.84. The van der Waals surface area contributed by atoms with Crippen LogP contribution in [0.3, 0.4) is 0 Å². The molecule has 2 heterocycles. The first-order valence-corrected chi connectivity index (χ1v) is 8.26. The quantitative estimate of drug-likeness (QED) is 0.722. The molecular weight excluding hydrogens is 284 g/mol. The molecular formula is C17H32O5. The van der Waals surface area contributed by atoms with Crippen LogP contribution in [0.15, 0.2) is 0 Å². The number of ether oxygens (including phenoxy) is 5. The van der Waals surface area contributed by atoms with Crippen molar-refractivity contribution in [2.24, 2.45) is 16.7 Å². The Hall–Kier alpha value is -0.200. The average molecular weight is 316 g/mol. The van der Waals surface area contributed by atoms with Gasteiger partial charge in [0.1, 0.15) is 6.10 Å². The van der Waals surface area contributed by atoms with Crippen LogP contribution in [0.4, 0.5) is 0 Å². The molecule has 5 nitrogen and oxygen atoms in total. The molecule has 5 heteroatoms. The molecule has 0 saturated carbocycles. The van der Waals surface area contributed by atoms with Crippen LogP contribution in [0.5, 0.6) is 0 Å². The fourth-order valence-corrected chi connectivity index (χ4v) is 2.34. The molecule has 2 saturated heterocycles. The van der Waals surface area contributed by atoms with Crippen molar-refractivity contribution in [3.63, 3.8) is 0 Å². The molecule has 0 amide bonds. The first kappa shape index (κ1) is 18.1. The second-order valence-corrected chi connectivity index (χ2v) is 8.38. The van der Waals surface area contributed by atoms with Gasteiger partial charge in [-0.3, -0.25) is 0 Å². The second kappa shape index (κ2) is 7.58. The largest absolute Gasteiger partial charge is 0.380 e. The fraction of sp³-hybridized carbons (Fsp3) is 1.00. The van der Waals surface area contributed by atoms with Crippen LogP contribution in [-0.4, -0.2) is 58.6 Å². The van der Waals surface area contributed by atoms with Crippen molar-refractivity contribution >= 4 is 0 Å². The zero-order valence-corrected chi connectivity index (χ0v) is 14.7. The molecule has 0 aromatic rings. The van der Waals surface area contributed by atoms with Crippen LogP contribution in [0, 0.1) is 16.7 Å². The lowest BCUT2D eigenvalue weighted by atomic mass is 9.95. The molecule has 2 aliphatic heterocycles. The number of hydrogen-bond donors (Lipinski definition) is 0. The summed E-state index contributed by atoms with van der Waals surface area (Å²) in [5.41, 5.74) is 0.0380. The van der Waals surface area contributed by atoms with E-state index in [1.54, 1.807) is 0 Å². The second-order valence-electron chi connectivity index (χ2n) is 8.38. The molecule has 130 valence electrons. The van der Waals surface area contributed by atoms with E-state index in [0.717, 1.165) is 13.2 Å². The molecule has 0 aliphatic carbocycles. The van der Waals surface area contributed by atoms with E-state index in [1.807, 2.05) is 0 Å². The van der Waals surface area contributed by atoms with E-state index in [-0.39, 0.29) is 23.2 Å². The van der Waals surface area contributed by atoms with E-state index >= 15 is 0 Å². The molecule has 0 radical (unpaired) electrons. The van der Waals surface area contributed by atoms with Gasteiger partial charge >= 0.3 is 0 Å². The summed E-state index contributed by atoms with van der Waals surface area (Å²) < 4.78 is 28.4. The minimum atomic E-state index is -0.113. The zero-order chi connectivity index (χ0) is 16.2. The SMILES string of the molecule is CC(C)(COCC1COC(C(C)(C)C)OC1)COC1COC1. The van der Waals surface area contributed by atoms with Crippen molar-refractivity contribution in [3.8, 4) is 0 Å². The van der Waals surface area contributed by atoms with E-state index in [2.05, 4.69) is 34.6 Å². The topological polar surface area (TPSA) is 46.2 Å². The number of rotatable bonds is 7. The van der Waals surface area contributed by atoms with Crippen LogP contribution in [0.2, 0.25) is 0 Å². The van der Waals surface area contributed by atoms with Gasteiger partial charge in [-0.1, -0.05) is 34.6 Å². The van der Waals surface area contributed by atoms with Crippen molar-refractivity contribution in [1.82, 2.24) is 0 Å². The normalized spacial score (nSPS) is 27.7. The standard InChI is InChI=1S/C17H32O5/c1-16(2,3)15-20-7-13(8-21-15)6-19-11-17(4,5)12-22-14-9-18-10-14/h13-15H,6-12H2,1-5H3. The smallest absolute Gasteiger partial charge is 0.162 e. The molecule has 0 N–H and O–H groups in total. The van der Waals surface area contributed by atoms with E-state index in [0.29, 0.717) is 39.0 Å². The van der Waals surface area contributed by atoms with Gasteiger partial charge in [-0.2, -0.15) is 0 Å². The number of hydrogen-bond acceptors (Lipinski definition) is 5. The molecule has 0 bridgehead atoms. The van der Waals surface area contributed by atoms with Gasteiger partial charge in [0.05, 0.1) is 46.2 Å². The van der Waals surface area contributed by atoms with E-state index < -0.39 is 0 Å². The van der Waals surface area contributed by atoms with Crippen molar-refractivity contribution in [2.75, 3.05) is 46.2 Å². The van der Waals surface area contributed by atoms with Crippen LogP contribution in [0.25, 0.3) is 0 Å². The van der Waals surface area contributed by atoms with Gasteiger partial charge in [0, 0.05) is 16.7 Å². The third kappa shape index (κ3) is 5.78. The Morgan fingerprint density at radius 2 is 1.55 bits per heavy atom. The minimum Gasteiger partial charge on any atom is -0.380 e. The highest BCUT2D eigenvalue weighted by atomic mass is 16.7. The van der Waals surface area contributed by atoms with E-state index in [1.165, 1.54) is 0 Å². The van der Waals surface area contributed by atoms with Crippen LogP contribution < -0.4 is 0 Å². The van der Waals surface area contributed by atoms with Crippen LogP contribution >= 0.6 is 0 Å². The van der Waals surface area contributed by atoms with Gasteiger partial charge in [0.15, 0.2) is 6.29 Å². The van der Waals surface area contributed by atoms with Gasteiger partial charge in [-0.25, -0.2) is 0 Å². The lowest BCUT2D eigenvalue weighted by molar-refractivity contribution is -0.247. The first-order chi connectivity index (χ1) is 10.3. The average Bonchev–Trinajstić information content (AvgIpc) is 2.36. The maximum atomic E-state index is 5.87. The van der Waals surface area contributed by atoms with Gasteiger partial charge in [0.25, 0.3) is 0 Å². The fourth-order valence-electron chi connectivity index (χ4n) is 2.34. The maximum Gasteiger partial charge on any atom is 0.162 e. The Balaban J connectivity index is 1.58. The summed E-state index contributed by atoms with van der Waals surface area (Å²) in [4.78, 5) is 0. The lowest BCUT2D eigenvalue weighted by Gasteiger charge is -2.37. The van der Waals surface area contributed by atoms with Crippen molar-refractivity contribution in [3.05, 3.63) is 0 Å². The van der Waals surface area contributed by atoms with Crippen molar-refractivity contribution in [2.45, 2.75) is 47.0 Å². The summed E-state index contributed by atoms with van der Waals surface area (Å²) in [5, 5.41) is 0. The lowest BCUT2D eigenvalue weighted by Crippen LogP contribution is -2.42. The first-order valence-electron chi connectivity index (χ1n) is 8.26. The summed E-state index contributed by atoms with van der Waals surface area (Å²) in [6, 6.07) is 0. The molecule has 2 rings (SSSR count). The summed E-state index contributed by atoms with van der Waals surface area (Å²) in [6.45, 7) is 15.6. The summed E-state index contributed by atoms with van der Waals surface area (Å²) in [5.74, 6) is 0.315. The Morgan fingerprint density at radius 3 is 2.05 bits per heavy atom. The highest BCUT2D eigenvalue weighted by Crippen LogP contribution is 2.27. The highest BCUT2D eigenvalue weighted by Gasteiger charge is 2.32. The monoisotopic (exact) mass is 316 g/mol. The molecule has 0 aromatic carbocycles. The highest BCUT2D eigenvalue weighted by molar-refractivity contribution is 4.74. The third-order valence-corrected chi connectivity index (χ3v) is 3.84. The summed E-state index contributed by atoms with van der Waals surface area (Å²) in [7, 11) is 0. The molecule has 0 aromatic heterocycles. The van der Waals surface area contributed by atoms with Crippen molar-refractivity contribution in [1.29, 1.82) is 0 Å². The van der Waals surface area contributed by atoms with Crippen LogP contribution in [0.1, 0.15) is 34.6 Å². The molecule has 22 heavy (non-hydrogen) atoms.